The fourth-order valence-electron chi connectivity index (χ4n) is 3.42. The number of aromatic nitrogens is 1. The summed E-state index contributed by atoms with van der Waals surface area (Å²) in [5.74, 6) is 0. The van der Waals surface area contributed by atoms with Crippen LogP contribution < -0.4 is 5.32 Å². The van der Waals surface area contributed by atoms with E-state index in [0.29, 0.717) is 17.1 Å². The van der Waals surface area contributed by atoms with Crippen LogP contribution >= 0.6 is 11.6 Å². The summed E-state index contributed by atoms with van der Waals surface area (Å²) in [6.45, 7) is 0. The summed E-state index contributed by atoms with van der Waals surface area (Å²) in [5.41, 5.74) is 0.578. The molecule has 3 nitrogen and oxygen atoms in total. The van der Waals surface area contributed by atoms with E-state index in [1.165, 1.54) is 19.3 Å². The van der Waals surface area contributed by atoms with E-state index in [-0.39, 0.29) is 0 Å². The molecule has 0 aliphatic carbocycles. The van der Waals surface area contributed by atoms with E-state index in [0.717, 1.165) is 18.4 Å². The van der Waals surface area contributed by atoms with Gasteiger partial charge < -0.3 is 5.32 Å². The van der Waals surface area contributed by atoms with Gasteiger partial charge in [-0.05, 0) is 37.3 Å². The van der Waals surface area contributed by atoms with E-state index in [9.17, 15) is 5.26 Å². The van der Waals surface area contributed by atoms with Crippen LogP contribution in [0.1, 0.15) is 37.7 Å². The van der Waals surface area contributed by atoms with E-state index in [1.807, 2.05) is 6.07 Å². The zero-order valence-electron chi connectivity index (χ0n) is 10.2. The van der Waals surface area contributed by atoms with Gasteiger partial charge in [-0.25, -0.2) is 0 Å². The second-order valence-electron chi connectivity index (χ2n) is 5.49. The molecular weight excluding hydrogens is 246 g/mol. The molecule has 0 aromatic carbocycles. The number of nitrogens with one attached hydrogen (secondary N) is 1. The van der Waals surface area contributed by atoms with Gasteiger partial charge in [0, 0.05) is 24.5 Å². The Kier molecular flexibility index (Phi) is 3.01. The van der Waals surface area contributed by atoms with Crippen LogP contribution in [0, 0.1) is 11.3 Å². The molecule has 0 amide bonds. The molecule has 1 aromatic heterocycles. The number of hydrogen-bond acceptors (Lipinski definition) is 3. The first-order chi connectivity index (χ1) is 8.72. The molecule has 0 saturated carbocycles. The molecule has 2 atom stereocenters. The second kappa shape index (κ2) is 4.53. The minimum Gasteiger partial charge on any atom is -0.311 e. The van der Waals surface area contributed by atoms with Crippen LogP contribution in [0.15, 0.2) is 18.5 Å². The Bertz CT molecular complexity index is 482. The van der Waals surface area contributed by atoms with E-state index in [4.69, 9.17) is 11.6 Å². The highest BCUT2D eigenvalue weighted by Crippen LogP contribution is 2.41. The average Bonchev–Trinajstić information content (AvgIpc) is 2.38. The van der Waals surface area contributed by atoms with Crippen LogP contribution in [0.25, 0.3) is 0 Å². The van der Waals surface area contributed by atoms with Crippen molar-refractivity contribution in [1.82, 2.24) is 10.3 Å². The summed E-state index contributed by atoms with van der Waals surface area (Å²) >= 11 is 6.02. The van der Waals surface area contributed by atoms with Crippen molar-refractivity contribution >= 4 is 11.6 Å². The number of nitriles is 1. The van der Waals surface area contributed by atoms with Crippen LogP contribution in [0.4, 0.5) is 0 Å². The van der Waals surface area contributed by atoms with Gasteiger partial charge in [0.15, 0.2) is 0 Å². The lowest BCUT2D eigenvalue weighted by Gasteiger charge is -2.44. The van der Waals surface area contributed by atoms with Crippen molar-refractivity contribution < 1.29 is 0 Å². The molecule has 2 fully saturated rings. The Balaban J connectivity index is 1.98. The SMILES string of the molecule is N#CC1(c2cncc(Cl)c2)CC2CCCC(C1)N2. The fourth-order valence-corrected chi connectivity index (χ4v) is 3.60. The third-order valence-electron chi connectivity index (χ3n) is 4.24. The summed E-state index contributed by atoms with van der Waals surface area (Å²) in [5, 5.41) is 13.9. The van der Waals surface area contributed by atoms with E-state index >= 15 is 0 Å². The first kappa shape index (κ1) is 12.0. The van der Waals surface area contributed by atoms with Gasteiger partial charge in [-0.1, -0.05) is 18.0 Å². The maximum atomic E-state index is 9.69. The summed E-state index contributed by atoms with van der Waals surface area (Å²) < 4.78 is 0. The van der Waals surface area contributed by atoms with Gasteiger partial charge in [-0.15, -0.1) is 0 Å². The molecule has 1 aromatic rings. The lowest BCUT2D eigenvalue weighted by molar-refractivity contribution is 0.188. The van der Waals surface area contributed by atoms with Crippen molar-refractivity contribution in [3.05, 3.63) is 29.0 Å². The largest absolute Gasteiger partial charge is 0.311 e. The molecule has 4 heteroatoms. The minimum atomic E-state index is -0.404. The lowest BCUT2D eigenvalue weighted by atomic mass is 9.67. The van der Waals surface area contributed by atoms with Crippen molar-refractivity contribution in [3.8, 4) is 6.07 Å². The van der Waals surface area contributed by atoms with Crippen molar-refractivity contribution in [2.45, 2.75) is 49.6 Å². The normalized spacial score (nSPS) is 34.9. The number of hydrogen-bond donors (Lipinski definition) is 1. The molecule has 18 heavy (non-hydrogen) atoms. The molecule has 1 N–H and O–H groups in total. The van der Waals surface area contributed by atoms with Gasteiger partial charge in [-0.2, -0.15) is 5.26 Å². The summed E-state index contributed by atoms with van der Waals surface area (Å²) in [6.07, 6.45) is 8.80. The third kappa shape index (κ3) is 2.00. The second-order valence-corrected chi connectivity index (χ2v) is 5.92. The van der Waals surface area contributed by atoms with Crippen molar-refractivity contribution in [1.29, 1.82) is 5.26 Å². The van der Waals surface area contributed by atoms with Gasteiger partial charge >= 0.3 is 0 Å². The standard InChI is InChI=1S/C14H16ClN3/c15-11-4-10(7-17-8-11)14(9-16)5-12-2-1-3-13(6-14)18-12/h4,7-8,12-13,18H,1-3,5-6H2. The van der Waals surface area contributed by atoms with Gasteiger partial charge in [0.05, 0.1) is 16.5 Å². The topological polar surface area (TPSA) is 48.7 Å². The highest BCUT2D eigenvalue weighted by molar-refractivity contribution is 6.30. The van der Waals surface area contributed by atoms with Crippen molar-refractivity contribution in [2.75, 3.05) is 0 Å². The highest BCUT2D eigenvalue weighted by Gasteiger charge is 2.43. The molecule has 2 aliphatic rings. The predicted octanol–water partition coefficient (Wildman–Crippen LogP) is 2.80. The number of rotatable bonds is 1. The highest BCUT2D eigenvalue weighted by atomic mass is 35.5. The lowest BCUT2D eigenvalue weighted by Crippen LogP contribution is -2.54. The Morgan fingerprint density at radius 2 is 2.06 bits per heavy atom. The maximum absolute atomic E-state index is 9.69. The van der Waals surface area contributed by atoms with Crippen LogP contribution in [0.2, 0.25) is 5.02 Å². The molecule has 2 saturated heterocycles. The monoisotopic (exact) mass is 261 g/mol. The molecule has 0 radical (unpaired) electrons. The molecule has 2 unspecified atom stereocenters. The minimum absolute atomic E-state index is 0.404. The maximum Gasteiger partial charge on any atom is 0.0867 e. The predicted molar refractivity (Wildman–Crippen MR) is 70.3 cm³/mol. The Morgan fingerprint density at radius 1 is 1.33 bits per heavy atom. The summed E-state index contributed by atoms with van der Waals surface area (Å²) in [7, 11) is 0. The van der Waals surface area contributed by atoms with Crippen molar-refractivity contribution in [2.24, 2.45) is 0 Å². The molecule has 2 bridgehead atoms. The van der Waals surface area contributed by atoms with Gasteiger partial charge in [0.25, 0.3) is 0 Å². The first-order valence-corrected chi connectivity index (χ1v) is 6.88. The molecular formula is C14H16ClN3. The zero-order chi connectivity index (χ0) is 12.6. The fraction of sp³-hybridized carbons (Fsp3) is 0.571. The quantitative estimate of drug-likeness (QED) is 0.846. The van der Waals surface area contributed by atoms with E-state index < -0.39 is 5.41 Å². The van der Waals surface area contributed by atoms with E-state index in [2.05, 4.69) is 16.4 Å². The van der Waals surface area contributed by atoms with Gasteiger partial charge in [-0.3, -0.25) is 4.98 Å². The number of piperidine rings is 2. The smallest absolute Gasteiger partial charge is 0.0867 e. The third-order valence-corrected chi connectivity index (χ3v) is 4.44. The number of pyridine rings is 1. The Hall–Kier alpha value is -1.11. The Labute approximate surface area is 112 Å². The molecule has 3 heterocycles. The number of halogens is 1. The zero-order valence-corrected chi connectivity index (χ0v) is 11.0. The average molecular weight is 262 g/mol. The summed E-state index contributed by atoms with van der Waals surface area (Å²) in [4.78, 5) is 4.14. The van der Waals surface area contributed by atoms with Gasteiger partial charge in [0.2, 0.25) is 0 Å². The van der Waals surface area contributed by atoms with Crippen LogP contribution in [-0.2, 0) is 5.41 Å². The van der Waals surface area contributed by atoms with Crippen LogP contribution in [-0.4, -0.2) is 17.1 Å². The van der Waals surface area contributed by atoms with Crippen LogP contribution in [0.5, 0.6) is 0 Å². The van der Waals surface area contributed by atoms with Crippen molar-refractivity contribution in [3.63, 3.8) is 0 Å². The molecule has 94 valence electrons. The summed E-state index contributed by atoms with van der Waals surface area (Å²) in [6, 6.07) is 5.39. The number of nitrogens with zero attached hydrogens (tertiary/aromatic N) is 2. The molecule has 0 spiro atoms. The molecule has 2 aliphatic heterocycles. The van der Waals surface area contributed by atoms with E-state index in [1.54, 1.807) is 12.4 Å². The first-order valence-electron chi connectivity index (χ1n) is 6.50. The van der Waals surface area contributed by atoms with Crippen LogP contribution in [0.3, 0.4) is 0 Å². The Morgan fingerprint density at radius 3 is 2.67 bits per heavy atom. The molecule has 3 rings (SSSR count). The number of fused-ring (bicyclic) bond motifs is 2. The van der Waals surface area contributed by atoms with Gasteiger partial charge in [0.1, 0.15) is 0 Å².